The number of hydrogen-bond acceptors (Lipinski definition) is 4. The van der Waals surface area contributed by atoms with Gasteiger partial charge in [0.1, 0.15) is 0 Å². The topological polar surface area (TPSA) is 69.6 Å². The molecule has 1 aromatic rings. The SMILES string of the molecule is CC(C)NS(=O)(=O)c1ccc(N(C)CC2CC(O)C2)cc1. The van der Waals surface area contributed by atoms with Crippen LogP contribution >= 0.6 is 0 Å². The third kappa shape index (κ3) is 4.18. The van der Waals surface area contributed by atoms with Crippen molar-refractivity contribution in [1.29, 1.82) is 0 Å². The number of sulfonamides is 1. The van der Waals surface area contributed by atoms with E-state index in [-0.39, 0.29) is 17.0 Å². The summed E-state index contributed by atoms with van der Waals surface area (Å²) in [7, 11) is -1.44. The van der Waals surface area contributed by atoms with Crippen LogP contribution in [-0.4, -0.2) is 39.3 Å². The highest BCUT2D eigenvalue weighted by Gasteiger charge is 2.28. The molecule has 1 saturated carbocycles. The van der Waals surface area contributed by atoms with E-state index in [1.165, 1.54) is 0 Å². The number of rotatable bonds is 6. The molecule has 0 bridgehead atoms. The number of hydrogen-bond donors (Lipinski definition) is 2. The van der Waals surface area contributed by atoms with Crippen LogP contribution in [0.5, 0.6) is 0 Å². The molecule has 0 aromatic heterocycles. The van der Waals surface area contributed by atoms with E-state index in [2.05, 4.69) is 9.62 Å². The molecule has 21 heavy (non-hydrogen) atoms. The quantitative estimate of drug-likeness (QED) is 0.837. The first-order valence-corrected chi connectivity index (χ1v) is 8.78. The molecule has 0 aliphatic heterocycles. The number of benzene rings is 1. The van der Waals surface area contributed by atoms with E-state index in [0.717, 1.165) is 25.1 Å². The molecule has 1 aliphatic rings. The predicted octanol–water partition coefficient (Wildman–Crippen LogP) is 1.58. The fourth-order valence-electron chi connectivity index (χ4n) is 2.60. The Kier molecular flexibility index (Phi) is 4.91. The summed E-state index contributed by atoms with van der Waals surface area (Å²) in [5, 5.41) is 9.31. The molecule has 1 aliphatic carbocycles. The van der Waals surface area contributed by atoms with Gasteiger partial charge in [0.05, 0.1) is 11.0 Å². The number of aliphatic hydroxyl groups is 1. The lowest BCUT2D eigenvalue weighted by molar-refractivity contribution is 0.0465. The molecule has 0 spiro atoms. The van der Waals surface area contributed by atoms with Gasteiger partial charge in [-0.15, -0.1) is 0 Å². The second-order valence-corrected chi connectivity index (χ2v) is 7.86. The van der Waals surface area contributed by atoms with E-state index >= 15 is 0 Å². The molecule has 118 valence electrons. The summed E-state index contributed by atoms with van der Waals surface area (Å²) < 4.78 is 26.7. The molecule has 2 N–H and O–H groups in total. The molecule has 5 nitrogen and oxygen atoms in total. The molecule has 0 amide bonds. The van der Waals surface area contributed by atoms with Gasteiger partial charge in [-0.05, 0) is 56.9 Å². The Hall–Kier alpha value is -1.11. The molecular weight excluding hydrogens is 288 g/mol. The van der Waals surface area contributed by atoms with E-state index in [4.69, 9.17) is 0 Å². The fraction of sp³-hybridized carbons (Fsp3) is 0.600. The summed E-state index contributed by atoms with van der Waals surface area (Å²) in [6.45, 7) is 4.48. The van der Waals surface area contributed by atoms with Gasteiger partial charge in [-0.25, -0.2) is 13.1 Å². The summed E-state index contributed by atoms with van der Waals surface area (Å²) >= 11 is 0. The molecule has 2 rings (SSSR count). The van der Waals surface area contributed by atoms with Crippen molar-refractivity contribution >= 4 is 15.7 Å². The molecule has 1 fully saturated rings. The maximum absolute atomic E-state index is 12.0. The zero-order valence-electron chi connectivity index (χ0n) is 12.8. The second-order valence-electron chi connectivity index (χ2n) is 6.14. The van der Waals surface area contributed by atoms with E-state index in [9.17, 15) is 13.5 Å². The van der Waals surface area contributed by atoms with Gasteiger partial charge >= 0.3 is 0 Å². The van der Waals surface area contributed by atoms with Crippen LogP contribution in [0.25, 0.3) is 0 Å². The zero-order valence-corrected chi connectivity index (χ0v) is 13.6. The summed E-state index contributed by atoms with van der Waals surface area (Å²) in [4.78, 5) is 2.38. The average molecular weight is 312 g/mol. The van der Waals surface area contributed by atoms with Crippen LogP contribution in [0.2, 0.25) is 0 Å². The molecule has 1 aromatic carbocycles. The highest BCUT2D eigenvalue weighted by molar-refractivity contribution is 7.89. The van der Waals surface area contributed by atoms with Crippen molar-refractivity contribution in [3.8, 4) is 0 Å². The van der Waals surface area contributed by atoms with Crippen LogP contribution < -0.4 is 9.62 Å². The number of anilines is 1. The van der Waals surface area contributed by atoms with Gasteiger partial charge in [0.2, 0.25) is 10.0 Å². The first-order chi connectivity index (χ1) is 9.78. The molecular formula is C15H24N2O3S. The van der Waals surface area contributed by atoms with Gasteiger partial charge in [0.15, 0.2) is 0 Å². The highest BCUT2D eigenvalue weighted by Crippen LogP contribution is 2.29. The van der Waals surface area contributed by atoms with Gasteiger partial charge in [-0.2, -0.15) is 0 Å². The Morgan fingerprint density at radius 2 is 1.86 bits per heavy atom. The maximum atomic E-state index is 12.0. The van der Waals surface area contributed by atoms with Crippen molar-refractivity contribution in [2.75, 3.05) is 18.5 Å². The number of nitrogens with one attached hydrogen (secondary N) is 1. The van der Waals surface area contributed by atoms with E-state index in [1.807, 2.05) is 19.2 Å². The van der Waals surface area contributed by atoms with Gasteiger partial charge in [-0.1, -0.05) is 0 Å². The first kappa shape index (κ1) is 16.3. The fourth-order valence-corrected chi connectivity index (χ4v) is 3.85. The Morgan fingerprint density at radius 1 is 1.29 bits per heavy atom. The van der Waals surface area contributed by atoms with Crippen LogP contribution in [0.4, 0.5) is 5.69 Å². The van der Waals surface area contributed by atoms with Crippen molar-refractivity contribution in [2.24, 2.45) is 5.92 Å². The van der Waals surface area contributed by atoms with Crippen LogP contribution in [0, 0.1) is 5.92 Å². The van der Waals surface area contributed by atoms with Gasteiger partial charge < -0.3 is 10.0 Å². The van der Waals surface area contributed by atoms with Crippen LogP contribution in [0.1, 0.15) is 26.7 Å². The van der Waals surface area contributed by atoms with Crippen molar-refractivity contribution in [1.82, 2.24) is 4.72 Å². The predicted molar refractivity (Wildman–Crippen MR) is 83.9 cm³/mol. The molecule has 6 heteroatoms. The number of nitrogens with zero attached hydrogens (tertiary/aromatic N) is 1. The van der Waals surface area contributed by atoms with Crippen molar-refractivity contribution in [3.63, 3.8) is 0 Å². The minimum absolute atomic E-state index is 0.123. The summed E-state index contributed by atoms with van der Waals surface area (Å²) in [6, 6.07) is 6.79. The van der Waals surface area contributed by atoms with Crippen LogP contribution in [0.15, 0.2) is 29.2 Å². The molecule has 0 saturated heterocycles. The van der Waals surface area contributed by atoms with Gasteiger partial charge in [-0.3, -0.25) is 0 Å². The van der Waals surface area contributed by atoms with E-state index in [1.54, 1.807) is 26.0 Å². The zero-order chi connectivity index (χ0) is 15.6. The molecule has 0 atom stereocenters. The largest absolute Gasteiger partial charge is 0.393 e. The summed E-state index contributed by atoms with van der Waals surface area (Å²) in [5.74, 6) is 0.524. The van der Waals surface area contributed by atoms with Crippen LogP contribution in [-0.2, 0) is 10.0 Å². The second kappa shape index (κ2) is 6.34. The van der Waals surface area contributed by atoms with Gasteiger partial charge in [0, 0.05) is 25.3 Å². The van der Waals surface area contributed by atoms with Crippen molar-refractivity contribution in [2.45, 2.75) is 43.7 Å². The minimum Gasteiger partial charge on any atom is -0.393 e. The van der Waals surface area contributed by atoms with Gasteiger partial charge in [0.25, 0.3) is 0 Å². The van der Waals surface area contributed by atoms with Crippen molar-refractivity contribution < 1.29 is 13.5 Å². The van der Waals surface area contributed by atoms with Crippen LogP contribution in [0.3, 0.4) is 0 Å². The Bertz CT molecular complexity index is 563. The Balaban J connectivity index is 2.01. The molecule has 0 heterocycles. The van der Waals surface area contributed by atoms with E-state index in [0.29, 0.717) is 5.92 Å². The summed E-state index contributed by atoms with van der Waals surface area (Å²) in [5.41, 5.74) is 0.986. The average Bonchev–Trinajstić information content (AvgIpc) is 2.35. The lowest BCUT2D eigenvalue weighted by Gasteiger charge is -2.35. The molecule has 0 unspecified atom stereocenters. The minimum atomic E-state index is -3.43. The van der Waals surface area contributed by atoms with E-state index < -0.39 is 10.0 Å². The third-order valence-electron chi connectivity index (χ3n) is 3.72. The Labute approximate surface area is 127 Å². The molecule has 0 radical (unpaired) electrons. The monoisotopic (exact) mass is 312 g/mol. The maximum Gasteiger partial charge on any atom is 0.240 e. The number of aliphatic hydroxyl groups excluding tert-OH is 1. The first-order valence-electron chi connectivity index (χ1n) is 7.29. The lowest BCUT2D eigenvalue weighted by atomic mass is 9.82. The lowest BCUT2D eigenvalue weighted by Crippen LogP contribution is -2.37. The van der Waals surface area contributed by atoms with Crippen molar-refractivity contribution in [3.05, 3.63) is 24.3 Å². The normalized spacial score (nSPS) is 22.1. The third-order valence-corrected chi connectivity index (χ3v) is 5.40. The standard InChI is InChI=1S/C15H24N2O3S/c1-11(2)16-21(19,20)15-6-4-13(5-7-15)17(3)10-12-8-14(18)9-12/h4-7,11-12,14,16,18H,8-10H2,1-3H3. The smallest absolute Gasteiger partial charge is 0.240 e. The summed E-state index contributed by atoms with van der Waals surface area (Å²) in [6.07, 6.45) is 1.57. The highest BCUT2D eigenvalue weighted by atomic mass is 32.2. The Morgan fingerprint density at radius 3 is 2.33 bits per heavy atom.